The SMILES string of the molecule is [2H]C([2H])([2H])c1ccc(-c2c(C)ccc3c2oc2cc(F)ccc23)[n+](C)c1. The second-order valence-corrected chi connectivity index (χ2v) is 5.79. The summed E-state index contributed by atoms with van der Waals surface area (Å²) in [7, 11) is 1.81. The van der Waals surface area contributed by atoms with Crippen LogP contribution < -0.4 is 4.57 Å². The van der Waals surface area contributed by atoms with Gasteiger partial charge in [-0.2, -0.15) is 0 Å². The second-order valence-electron chi connectivity index (χ2n) is 5.79. The Bertz CT molecular complexity index is 1160. The predicted octanol–water partition coefficient (Wildman–Crippen LogP) is 4.83. The number of aryl methyl sites for hydroxylation is 3. The average Bonchev–Trinajstić information content (AvgIpc) is 2.91. The van der Waals surface area contributed by atoms with Crippen LogP contribution in [-0.2, 0) is 7.05 Å². The van der Waals surface area contributed by atoms with Gasteiger partial charge < -0.3 is 4.42 Å². The Morgan fingerprint density at radius 1 is 1.09 bits per heavy atom. The van der Waals surface area contributed by atoms with Gasteiger partial charge in [-0.25, -0.2) is 8.96 Å². The summed E-state index contributed by atoms with van der Waals surface area (Å²) in [6.07, 6.45) is 1.61. The van der Waals surface area contributed by atoms with Crippen molar-refractivity contribution in [1.29, 1.82) is 0 Å². The lowest BCUT2D eigenvalue weighted by atomic mass is 10.0. The molecule has 0 aliphatic heterocycles. The van der Waals surface area contributed by atoms with Crippen molar-refractivity contribution in [3.05, 3.63) is 65.6 Å². The van der Waals surface area contributed by atoms with E-state index in [1.807, 2.05) is 26.1 Å². The number of hydrogen-bond donors (Lipinski definition) is 0. The lowest BCUT2D eigenvalue weighted by molar-refractivity contribution is -0.660. The van der Waals surface area contributed by atoms with Crippen LogP contribution >= 0.6 is 0 Å². The number of nitrogens with zero attached hydrogens (tertiary/aromatic N) is 1. The van der Waals surface area contributed by atoms with Crippen LogP contribution in [0.4, 0.5) is 4.39 Å². The molecule has 4 aromatic rings. The third-order valence-corrected chi connectivity index (χ3v) is 4.20. The molecule has 0 radical (unpaired) electrons. The molecule has 114 valence electrons. The number of aromatic nitrogens is 1. The van der Waals surface area contributed by atoms with Gasteiger partial charge in [0.05, 0.1) is 5.56 Å². The van der Waals surface area contributed by atoms with Crippen LogP contribution in [0, 0.1) is 19.6 Å². The van der Waals surface area contributed by atoms with Crippen LogP contribution in [0.1, 0.15) is 15.2 Å². The van der Waals surface area contributed by atoms with Crippen molar-refractivity contribution >= 4 is 21.9 Å². The highest BCUT2D eigenvalue weighted by Crippen LogP contribution is 2.36. The first kappa shape index (κ1) is 10.9. The Morgan fingerprint density at radius 2 is 1.91 bits per heavy atom. The van der Waals surface area contributed by atoms with E-state index in [2.05, 4.69) is 0 Å². The van der Waals surface area contributed by atoms with E-state index in [4.69, 9.17) is 8.53 Å². The summed E-state index contributed by atoms with van der Waals surface area (Å²) in [6, 6.07) is 11.9. The largest absolute Gasteiger partial charge is 0.455 e. The normalized spacial score (nSPS) is 14.0. The zero-order chi connectivity index (χ0) is 18.6. The van der Waals surface area contributed by atoms with E-state index in [-0.39, 0.29) is 11.4 Å². The van der Waals surface area contributed by atoms with Crippen molar-refractivity contribution in [2.24, 2.45) is 7.05 Å². The van der Waals surface area contributed by atoms with Gasteiger partial charge in [-0.3, -0.25) is 0 Å². The molecule has 0 aliphatic rings. The number of furan rings is 1. The topological polar surface area (TPSA) is 17.0 Å². The van der Waals surface area contributed by atoms with E-state index in [9.17, 15) is 4.39 Å². The number of fused-ring (bicyclic) bond motifs is 3. The highest BCUT2D eigenvalue weighted by molar-refractivity contribution is 6.09. The summed E-state index contributed by atoms with van der Waals surface area (Å²) in [5, 5.41) is 1.75. The molecule has 0 spiro atoms. The Kier molecular flexibility index (Phi) is 2.34. The quantitative estimate of drug-likeness (QED) is 0.460. The molecule has 3 heteroatoms. The van der Waals surface area contributed by atoms with E-state index in [0.29, 0.717) is 11.2 Å². The van der Waals surface area contributed by atoms with Crippen molar-refractivity contribution in [1.82, 2.24) is 0 Å². The molecule has 23 heavy (non-hydrogen) atoms. The summed E-state index contributed by atoms with van der Waals surface area (Å²) in [4.78, 5) is 0. The summed E-state index contributed by atoms with van der Waals surface area (Å²) in [5.41, 5.74) is 4.14. The molecule has 0 unspecified atom stereocenters. The molecule has 0 saturated carbocycles. The van der Waals surface area contributed by atoms with Crippen molar-refractivity contribution in [2.75, 3.05) is 0 Å². The van der Waals surface area contributed by atoms with Crippen molar-refractivity contribution < 1.29 is 17.5 Å². The minimum atomic E-state index is -2.16. The Morgan fingerprint density at radius 3 is 2.70 bits per heavy atom. The number of hydrogen-bond acceptors (Lipinski definition) is 1. The van der Waals surface area contributed by atoms with Crippen LogP contribution in [0.5, 0.6) is 0 Å². The maximum atomic E-state index is 13.6. The van der Waals surface area contributed by atoms with Gasteiger partial charge in [0.2, 0.25) is 5.69 Å². The minimum Gasteiger partial charge on any atom is -0.455 e. The van der Waals surface area contributed by atoms with Crippen LogP contribution in [0.2, 0.25) is 0 Å². The highest BCUT2D eigenvalue weighted by Gasteiger charge is 2.20. The summed E-state index contributed by atoms with van der Waals surface area (Å²) in [6.45, 7) is -0.186. The molecule has 0 fully saturated rings. The zero-order valence-corrected chi connectivity index (χ0v) is 12.9. The smallest absolute Gasteiger partial charge is 0.216 e. The van der Waals surface area contributed by atoms with Crippen LogP contribution in [-0.4, -0.2) is 0 Å². The number of rotatable bonds is 1. The maximum absolute atomic E-state index is 13.6. The van der Waals surface area contributed by atoms with Gasteiger partial charge in [-0.1, -0.05) is 12.1 Å². The van der Waals surface area contributed by atoms with Gasteiger partial charge in [0.25, 0.3) is 0 Å². The fraction of sp³-hybridized carbons (Fsp3) is 0.150. The minimum absolute atomic E-state index is 0.278. The van der Waals surface area contributed by atoms with Crippen LogP contribution in [0.25, 0.3) is 33.2 Å². The van der Waals surface area contributed by atoms with E-state index < -0.39 is 6.85 Å². The van der Waals surface area contributed by atoms with Crippen molar-refractivity contribution in [2.45, 2.75) is 13.8 Å². The summed E-state index contributed by atoms with van der Waals surface area (Å²) in [5.74, 6) is -0.345. The first-order valence-corrected chi connectivity index (χ1v) is 7.37. The monoisotopic (exact) mass is 309 g/mol. The third kappa shape index (κ3) is 2.12. The van der Waals surface area contributed by atoms with Gasteiger partial charge in [0, 0.05) is 32.6 Å². The van der Waals surface area contributed by atoms with E-state index in [1.54, 1.807) is 29.0 Å². The van der Waals surface area contributed by atoms with Gasteiger partial charge in [0.15, 0.2) is 6.20 Å². The molecule has 0 atom stereocenters. The first-order valence-electron chi connectivity index (χ1n) is 8.87. The predicted molar refractivity (Wildman–Crippen MR) is 89.8 cm³/mol. The molecule has 0 aliphatic carbocycles. The molecule has 0 amide bonds. The molecule has 0 saturated heterocycles. The Hall–Kier alpha value is -2.68. The lowest BCUT2D eigenvalue weighted by Crippen LogP contribution is -2.31. The van der Waals surface area contributed by atoms with Gasteiger partial charge >= 0.3 is 0 Å². The number of pyridine rings is 1. The third-order valence-electron chi connectivity index (χ3n) is 4.20. The highest BCUT2D eigenvalue weighted by atomic mass is 19.1. The van der Waals surface area contributed by atoms with Crippen molar-refractivity contribution in [3.63, 3.8) is 0 Å². The fourth-order valence-electron chi connectivity index (χ4n) is 3.10. The molecule has 2 heterocycles. The van der Waals surface area contributed by atoms with E-state index in [0.717, 1.165) is 27.6 Å². The molecule has 2 nitrogen and oxygen atoms in total. The molecule has 2 aromatic heterocycles. The second kappa shape index (κ2) is 4.92. The molecule has 4 rings (SSSR count). The van der Waals surface area contributed by atoms with Crippen LogP contribution in [0.3, 0.4) is 0 Å². The Labute approximate surface area is 138 Å². The van der Waals surface area contributed by atoms with E-state index >= 15 is 0 Å². The molecule has 2 aromatic carbocycles. The molecule has 0 bridgehead atoms. The van der Waals surface area contributed by atoms with Crippen LogP contribution in [0.15, 0.2) is 53.1 Å². The number of halogens is 1. The van der Waals surface area contributed by atoms with Gasteiger partial charge in [-0.05, 0) is 37.5 Å². The summed E-state index contributed by atoms with van der Waals surface area (Å²) < 4.78 is 44.1. The standard InChI is InChI=1S/C20H17FNO/c1-12-4-9-17(22(3)11-12)19-13(2)5-7-16-15-8-6-14(21)10-18(15)23-20(16)19/h4-11H,1-3H3/q+1/i1D3. The van der Waals surface area contributed by atoms with E-state index in [1.165, 1.54) is 12.1 Å². The lowest BCUT2D eigenvalue weighted by Gasteiger charge is -2.05. The maximum Gasteiger partial charge on any atom is 0.216 e. The van der Waals surface area contributed by atoms with Gasteiger partial charge in [-0.15, -0.1) is 0 Å². The zero-order valence-electron chi connectivity index (χ0n) is 15.9. The molecule has 0 N–H and O–H groups in total. The number of benzene rings is 2. The molecular weight excluding hydrogens is 289 g/mol. The van der Waals surface area contributed by atoms with Crippen molar-refractivity contribution in [3.8, 4) is 11.3 Å². The summed E-state index contributed by atoms with van der Waals surface area (Å²) >= 11 is 0. The first-order chi connectivity index (χ1) is 12.3. The average molecular weight is 309 g/mol. The van der Waals surface area contributed by atoms with Gasteiger partial charge in [0.1, 0.15) is 24.0 Å². The fourth-order valence-corrected chi connectivity index (χ4v) is 3.10. The molecular formula is C20H17FNO+. The Balaban J connectivity index is 2.02.